The first-order chi connectivity index (χ1) is 5.77. The maximum absolute atomic E-state index is 10.9. The number of nitrogens with zero attached hydrogens (tertiary/aromatic N) is 3. The van der Waals surface area contributed by atoms with Gasteiger partial charge in [-0.05, 0) is 11.6 Å². The van der Waals surface area contributed by atoms with Crippen LogP contribution < -0.4 is 0 Å². The third-order valence-electron chi connectivity index (χ3n) is 1.13. The van der Waals surface area contributed by atoms with Gasteiger partial charge in [-0.2, -0.15) is 0 Å². The van der Waals surface area contributed by atoms with Crippen molar-refractivity contribution in [2.75, 3.05) is 7.11 Å². The Labute approximate surface area is 72.2 Å². The van der Waals surface area contributed by atoms with E-state index in [0.29, 0.717) is 10.6 Å². The maximum atomic E-state index is 10.9. The van der Waals surface area contributed by atoms with Gasteiger partial charge in [0.15, 0.2) is 0 Å². The lowest BCUT2D eigenvalue weighted by molar-refractivity contribution is 0.0606. The molecule has 0 aromatic carbocycles. The SMILES string of the molecule is COC(=O)c1cc(N=[N+]=[N-])cs1. The number of methoxy groups -OCH3 is 1. The van der Waals surface area contributed by atoms with Crippen LogP contribution in [0.4, 0.5) is 5.69 Å². The van der Waals surface area contributed by atoms with Crippen LogP contribution in [0, 0.1) is 0 Å². The summed E-state index contributed by atoms with van der Waals surface area (Å²) in [5, 5.41) is 4.92. The van der Waals surface area contributed by atoms with E-state index in [1.165, 1.54) is 24.5 Å². The summed E-state index contributed by atoms with van der Waals surface area (Å²) < 4.78 is 4.46. The lowest BCUT2D eigenvalue weighted by Crippen LogP contribution is -1.96. The van der Waals surface area contributed by atoms with Gasteiger partial charge in [0.1, 0.15) is 4.88 Å². The molecule has 0 radical (unpaired) electrons. The van der Waals surface area contributed by atoms with E-state index in [9.17, 15) is 4.79 Å². The number of rotatable bonds is 2. The van der Waals surface area contributed by atoms with Crippen molar-refractivity contribution in [3.05, 3.63) is 26.8 Å². The number of carbonyl (C=O) groups excluding carboxylic acids is 1. The fraction of sp³-hybridized carbons (Fsp3) is 0.167. The van der Waals surface area contributed by atoms with Gasteiger partial charge in [-0.15, -0.1) is 11.3 Å². The number of hydrogen-bond acceptors (Lipinski definition) is 4. The van der Waals surface area contributed by atoms with Crippen LogP contribution in [0.15, 0.2) is 16.6 Å². The van der Waals surface area contributed by atoms with Crippen molar-refractivity contribution >= 4 is 23.0 Å². The molecule has 0 saturated carbocycles. The molecule has 0 amide bonds. The van der Waals surface area contributed by atoms with Crippen molar-refractivity contribution in [3.8, 4) is 0 Å². The predicted octanol–water partition coefficient (Wildman–Crippen LogP) is 2.48. The minimum Gasteiger partial charge on any atom is -0.465 e. The number of esters is 1. The van der Waals surface area contributed by atoms with Crippen LogP contribution in [0.25, 0.3) is 10.4 Å². The second-order valence-corrected chi connectivity index (χ2v) is 2.76. The molecule has 0 atom stereocenters. The summed E-state index contributed by atoms with van der Waals surface area (Å²) in [7, 11) is 1.30. The van der Waals surface area contributed by atoms with E-state index in [4.69, 9.17) is 5.53 Å². The summed E-state index contributed by atoms with van der Waals surface area (Å²) in [6.45, 7) is 0. The number of carbonyl (C=O) groups is 1. The minimum atomic E-state index is -0.417. The Bertz CT molecular complexity index is 340. The lowest BCUT2D eigenvalue weighted by atomic mass is 10.4. The molecule has 0 fully saturated rings. The molecule has 1 heterocycles. The van der Waals surface area contributed by atoms with Crippen LogP contribution in [-0.4, -0.2) is 13.1 Å². The summed E-state index contributed by atoms with van der Waals surface area (Å²) in [6.07, 6.45) is 0. The Morgan fingerprint density at radius 1 is 1.83 bits per heavy atom. The van der Waals surface area contributed by atoms with Crippen LogP contribution >= 0.6 is 11.3 Å². The first-order valence-electron chi connectivity index (χ1n) is 3.00. The van der Waals surface area contributed by atoms with Gasteiger partial charge in [-0.3, -0.25) is 0 Å². The molecule has 62 valence electrons. The lowest BCUT2D eigenvalue weighted by Gasteiger charge is -1.90. The molecule has 1 aromatic heterocycles. The Hall–Kier alpha value is -1.52. The third kappa shape index (κ3) is 1.75. The van der Waals surface area contributed by atoms with Crippen molar-refractivity contribution in [3.63, 3.8) is 0 Å². The van der Waals surface area contributed by atoms with Crippen molar-refractivity contribution < 1.29 is 9.53 Å². The van der Waals surface area contributed by atoms with Gasteiger partial charge in [0.2, 0.25) is 0 Å². The normalized spacial score (nSPS) is 8.75. The Morgan fingerprint density at radius 3 is 3.17 bits per heavy atom. The van der Waals surface area contributed by atoms with Crippen LogP contribution in [0.3, 0.4) is 0 Å². The zero-order valence-corrected chi connectivity index (χ0v) is 7.04. The molecule has 0 aliphatic carbocycles. The highest BCUT2D eigenvalue weighted by atomic mass is 32.1. The van der Waals surface area contributed by atoms with E-state index >= 15 is 0 Å². The van der Waals surface area contributed by atoms with Crippen LogP contribution in [-0.2, 0) is 4.74 Å². The van der Waals surface area contributed by atoms with Gasteiger partial charge in [-0.25, -0.2) is 4.79 Å². The third-order valence-corrected chi connectivity index (χ3v) is 2.03. The smallest absolute Gasteiger partial charge is 0.348 e. The highest BCUT2D eigenvalue weighted by Crippen LogP contribution is 2.22. The molecule has 0 N–H and O–H groups in total. The largest absolute Gasteiger partial charge is 0.465 e. The Kier molecular flexibility index (Phi) is 2.68. The first kappa shape index (κ1) is 8.58. The van der Waals surface area contributed by atoms with Gasteiger partial charge < -0.3 is 4.74 Å². The molecule has 0 bridgehead atoms. The highest BCUT2D eigenvalue weighted by Gasteiger charge is 2.07. The molecule has 1 aromatic rings. The molecular formula is C6H5N3O2S. The fourth-order valence-electron chi connectivity index (χ4n) is 0.638. The number of ether oxygens (including phenoxy) is 1. The molecule has 0 unspecified atom stereocenters. The molecule has 0 spiro atoms. The summed E-state index contributed by atoms with van der Waals surface area (Å²) in [5.74, 6) is -0.417. The van der Waals surface area contributed by atoms with Crippen molar-refractivity contribution in [2.45, 2.75) is 0 Å². The van der Waals surface area contributed by atoms with Crippen molar-refractivity contribution in [1.29, 1.82) is 0 Å². The zero-order valence-electron chi connectivity index (χ0n) is 6.22. The summed E-state index contributed by atoms with van der Waals surface area (Å²) in [4.78, 5) is 13.9. The van der Waals surface area contributed by atoms with Gasteiger partial charge in [-0.1, -0.05) is 5.11 Å². The van der Waals surface area contributed by atoms with Gasteiger partial charge in [0.25, 0.3) is 0 Å². The topological polar surface area (TPSA) is 75.1 Å². The van der Waals surface area contributed by atoms with E-state index < -0.39 is 5.97 Å². The van der Waals surface area contributed by atoms with Gasteiger partial charge in [0, 0.05) is 16.0 Å². The van der Waals surface area contributed by atoms with Crippen LogP contribution in [0.5, 0.6) is 0 Å². The van der Waals surface area contributed by atoms with E-state index in [1.54, 1.807) is 5.38 Å². The van der Waals surface area contributed by atoms with Crippen LogP contribution in [0.1, 0.15) is 9.67 Å². The molecule has 5 nitrogen and oxygen atoms in total. The Balaban J connectivity index is 2.91. The predicted molar refractivity (Wildman–Crippen MR) is 44.5 cm³/mol. The van der Waals surface area contributed by atoms with Crippen molar-refractivity contribution in [2.24, 2.45) is 5.11 Å². The average Bonchev–Trinajstić information content (AvgIpc) is 2.52. The molecule has 1 rings (SSSR count). The molecule has 0 aliphatic rings. The second-order valence-electron chi connectivity index (χ2n) is 1.85. The minimum absolute atomic E-state index is 0.417. The number of azide groups is 1. The molecular weight excluding hydrogens is 178 g/mol. The van der Waals surface area contributed by atoms with E-state index in [-0.39, 0.29) is 0 Å². The highest BCUT2D eigenvalue weighted by molar-refractivity contribution is 7.12. The zero-order chi connectivity index (χ0) is 8.97. The van der Waals surface area contributed by atoms with E-state index in [2.05, 4.69) is 14.8 Å². The van der Waals surface area contributed by atoms with Gasteiger partial charge >= 0.3 is 5.97 Å². The summed E-state index contributed by atoms with van der Waals surface area (Å²) >= 11 is 1.18. The average molecular weight is 183 g/mol. The van der Waals surface area contributed by atoms with Gasteiger partial charge in [0.05, 0.1) is 7.11 Å². The monoisotopic (exact) mass is 183 g/mol. The van der Waals surface area contributed by atoms with E-state index in [0.717, 1.165) is 0 Å². The quantitative estimate of drug-likeness (QED) is 0.305. The first-order valence-corrected chi connectivity index (χ1v) is 3.88. The second kappa shape index (κ2) is 3.75. The number of hydrogen-bond donors (Lipinski definition) is 0. The number of thiophene rings is 1. The summed E-state index contributed by atoms with van der Waals surface area (Å²) in [5.41, 5.74) is 8.50. The molecule has 12 heavy (non-hydrogen) atoms. The molecule has 0 aliphatic heterocycles. The van der Waals surface area contributed by atoms with E-state index in [1.807, 2.05) is 0 Å². The van der Waals surface area contributed by atoms with Crippen molar-refractivity contribution in [1.82, 2.24) is 0 Å². The standard InChI is InChI=1S/C6H5N3O2S/c1-11-6(10)5-2-4(3-12-5)8-9-7/h2-3H,1H3. The molecule has 0 saturated heterocycles. The molecule has 6 heteroatoms. The van der Waals surface area contributed by atoms with Crippen LogP contribution in [0.2, 0.25) is 0 Å². The maximum Gasteiger partial charge on any atom is 0.348 e. The fourth-order valence-corrected chi connectivity index (χ4v) is 1.37. The summed E-state index contributed by atoms with van der Waals surface area (Å²) in [6, 6.07) is 1.48. The Morgan fingerprint density at radius 2 is 2.58 bits per heavy atom.